The molecule has 412 valence electrons. The van der Waals surface area contributed by atoms with E-state index in [-0.39, 0.29) is 25.2 Å². The van der Waals surface area contributed by atoms with Crippen molar-refractivity contribution in [1.82, 2.24) is 0 Å². The molecule has 0 rings (SSSR count). The first-order chi connectivity index (χ1) is 36.6. The molecule has 0 spiro atoms. The minimum absolute atomic E-state index is 0.0960. The molecule has 1 atom stereocenters. The molecular weight excluding hydrogens is 909 g/mol. The van der Waals surface area contributed by atoms with E-state index in [2.05, 4.69) is 196 Å². The van der Waals surface area contributed by atoms with Crippen molar-refractivity contribution >= 4 is 11.9 Å². The number of unbranched alkanes of at least 4 members (excludes halogenated alkanes) is 13. The molecule has 0 aromatic heterocycles. The van der Waals surface area contributed by atoms with Crippen molar-refractivity contribution in [2.24, 2.45) is 0 Å². The third-order valence-corrected chi connectivity index (χ3v) is 11.7. The average Bonchev–Trinajstić information content (AvgIpc) is 3.40. The molecule has 0 saturated heterocycles. The van der Waals surface area contributed by atoms with Gasteiger partial charge in [-0.2, -0.15) is 0 Å². The monoisotopic (exact) mass is 1010 g/mol. The van der Waals surface area contributed by atoms with E-state index < -0.39 is 6.10 Å². The lowest BCUT2D eigenvalue weighted by Crippen LogP contribution is -2.28. The fourth-order valence-electron chi connectivity index (χ4n) is 7.37. The first kappa shape index (κ1) is 69.0. The van der Waals surface area contributed by atoms with E-state index in [1.165, 1.54) is 51.4 Å². The average molecular weight is 1020 g/mol. The van der Waals surface area contributed by atoms with Crippen LogP contribution in [-0.2, 0) is 19.1 Å². The van der Waals surface area contributed by atoms with Gasteiger partial charge < -0.3 is 14.6 Å². The van der Waals surface area contributed by atoms with Crippen LogP contribution >= 0.6 is 0 Å². The zero-order valence-corrected chi connectivity index (χ0v) is 47.0. The first-order valence-corrected chi connectivity index (χ1v) is 29.3. The second-order valence-corrected chi connectivity index (χ2v) is 18.6. The SMILES string of the molecule is CC/C=C\C/C=C\C/C=C\C/C=C\C/C=C\C/C=C\C/C=C\C/C=C\C/C=C\C/C=C\CCCCCCCCCCCCC(=O)OC(CO)COC(=O)CCCCC/C=C\C/C=C\C/C=C\C/C=C\C/C=C\CC. The van der Waals surface area contributed by atoms with E-state index in [1.54, 1.807) is 0 Å². The summed E-state index contributed by atoms with van der Waals surface area (Å²) >= 11 is 0. The number of rotatable bonds is 51. The molecule has 0 fully saturated rings. The Labute approximate surface area is 455 Å². The number of allylic oxidation sites excluding steroid dienone is 30. The van der Waals surface area contributed by atoms with Gasteiger partial charge in [0, 0.05) is 12.8 Å². The summed E-state index contributed by atoms with van der Waals surface area (Å²) in [6.07, 6.45) is 98.6. The van der Waals surface area contributed by atoms with Gasteiger partial charge in [0.2, 0.25) is 0 Å². The highest BCUT2D eigenvalue weighted by atomic mass is 16.6. The fourth-order valence-corrected chi connectivity index (χ4v) is 7.37. The molecule has 0 amide bonds. The molecule has 0 radical (unpaired) electrons. The number of carbonyl (C=O) groups is 2. The van der Waals surface area contributed by atoms with Crippen molar-refractivity contribution in [1.29, 1.82) is 0 Å². The highest BCUT2D eigenvalue weighted by Gasteiger charge is 2.16. The van der Waals surface area contributed by atoms with Crippen molar-refractivity contribution in [3.63, 3.8) is 0 Å². The normalized spacial score (nSPS) is 13.6. The molecule has 0 heterocycles. The lowest BCUT2D eigenvalue weighted by molar-refractivity contribution is -0.161. The highest BCUT2D eigenvalue weighted by Crippen LogP contribution is 2.14. The molecular formula is C69H106O5. The molecule has 0 aromatic carbocycles. The van der Waals surface area contributed by atoms with Gasteiger partial charge in [-0.05, 0) is 135 Å². The van der Waals surface area contributed by atoms with E-state index in [1.807, 2.05) is 0 Å². The third-order valence-electron chi connectivity index (χ3n) is 11.7. The quantitative estimate of drug-likeness (QED) is 0.0373. The van der Waals surface area contributed by atoms with Crippen LogP contribution in [0.5, 0.6) is 0 Å². The molecule has 0 saturated carbocycles. The Morgan fingerprint density at radius 2 is 0.541 bits per heavy atom. The molecule has 0 bridgehead atoms. The van der Waals surface area contributed by atoms with E-state index in [0.717, 1.165) is 141 Å². The van der Waals surface area contributed by atoms with Crippen molar-refractivity contribution in [3.8, 4) is 0 Å². The maximum Gasteiger partial charge on any atom is 0.306 e. The Morgan fingerprint density at radius 1 is 0.311 bits per heavy atom. The second-order valence-electron chi connectivity index (χ2n) is 18.6. The van der Waals surface area contributed by atoms with Crippen molar-refractivity contribution in [3.05, 3.63) is 182 Å². The Hall–Kier alpha value is -5.00. The Kier molecular flexibility index (Phi) is 58.1. The predicted molar refractivity (Wildman–Crippen MR) is 324 cm³/mol. The van der Waals surface area contributed by atoms with Crippen molar-refractivity contribution in [2.75, 3.05) is 13.2 Å². The van der Waals surface area contributed by atoms with Crippen LogP contribution in [0.4, 0.5) is 0 Å². The molecule has 74 heavy (non-hydrogen) atoms. The van der Waals surface area contributed by atoms with Gasteiger partial charge in [0.1, 0.15) is 6.61 Å². The molecule has 1 N–H and O–H groups in total. The van der Waals surface area contributed by atoms with Gasteiger partial charge in [0.15, 0.2) is 6.10 Å². The zero-order valence-electron chi connectivity index (χ0n) is 47.0. The summed E-state index contributed by atoms with van der Waals surface area (Å²) in [6, 6.07) is 0. The number of hydrogen-bond acceptors (Lipinski definition) is 5. The van der Waals surface area contributed by atoms with Gasteiger partial charge in [-0.3, -0.25) is 9.59 Å². The second kappa shape index (κ2) is 62.3. The molecule has 0 aliphatic carbocycles. The van der Waals surface area contributed by atoms with Crippen LogP contribution in [0.3, 0.4) is 0 Å². The van der Waals surface area contributed by atoms with Crippen LogP contribution in [0, 0.1) is 0 Å². The van der Waals surface area contributed by atoms with E-state index >= 15 is 0 Å². The standard InChI is InChI=1S/C69H106O5/c1-3-5-7-9-11-13-15-17-19-21-23-24-25-26-27-28-29-30-31-32-33-34-35-36-37-38-39-40-41-42-43-44-46-48-50-52-54-56-58-60-62-64-69(72)74-67(65-70)66-73-68(71)63-61-59-57-55-53-51-49-47-45-22-20-18-16-14-12-10-8-6-4-2/h5-8,11-14,17-20,23-24,26-27,29-30,32-33,35-36,38-39,41-42,45,47,51,53,67,70H,3-4,9-10,15-16,21-22,25,28,31,34,37,40,43-44,46,48-50,52,54-66H2,1-2H3/b7-5-,8-6-,13-11-,14-12-,19-17-,20-18-,24-23-,27-26-,30-29-,33-32-,36-35-,39-38-,42-41-,47-45-,53-51-. The maximum absolute atomic E-state index is 12.3. The van der Waals surface area contributed by atoms with Crippen LogP contribution in [0.2, 0.25) is 0 Å². The molecule has 5 heteroatoms. The largest absolute Gasteiger partial charge is 0.462 e. The summed E-state index contributed by atoms with van der Waals surface area (Å²) in [5.74, 6) is -0.646. The van der Waals surface area contributed by atoms with Crippen LogP contribution in [0.25, 0.3) is 0 Å². The first-order valence-electron chi connectivity index (χ1n) is 29.3. The number of carbonyl (C=O) groups excluding carboxylic acids is 2. The summed E-state index contributed by atoms with van der Waals surface area (Å²) in [6.45, 7) is 3.86. The van der Waals surface area contributed by atoms with Crippen LogP contribution in [0.1, 0.15) is 219 Å². The lowest BCUT2D eigenvalue weighted by Gasteiger charge is -2.15. The topological polar surface area (TPSA) is 72.8 Å². The van der Waals surface area contributed by atoms with E-state index in [9.17, 15) is 14.7 Å². The van der Waals surface area contributed by atoms with Gasteiger partial charge in [-0.15, -0.1) is 0 Å². The zero-order chi connectivity index (χ0) is 53.4. The summed E-state index contributed by atoms with van der Waals surface area (Å²) in [7, 11) is 0. The van der Waals surface area contributed by atoms with Gasteiger partial charge in [0.25, 0.3) is 0 Å². The molecule has 1 unspecified atom stereocenters. The van der Waals surface area contributed by atoms with Gasteiger partial charge in [0.05, 0.1) is 6.61 Å². The summed E-state index contributed by atoms with van der Waals surface area (Å²) in [5.41, 5.74) is 0. The smallest absolute Gasteiger partial charge is 0.306 e. The van der Waals surface area contributed by atoms with Gasteiger partial charge >= 0.3 is 11.9 Å². The summed E-state index contributed by atoms with van der Waals surface area (Å²) < 4.78 is 10.7. The van der Waals surface area contributed by atoms with Crippen LogP contribution in [0.15, 0.2) is 182 Å². The number of aliphatic hydroxyl groups is 1. The predicted octanol–water partition coefficient (Wildman–Crippen LogP) is 20.3. The molecule has 5 nitrogen and oxygen atoms in total. The third kappa shape index (κ3) is 59.6. The van der Waals surface area contributed by atoms with Gasteiger partial charge in [-0.25, -0.2) is 0 Å². The molecule has 0 aromatic rings. The summed E-state index contributed by atoms with van der Waals surface area (Å²) in [5, 5.41) is 9.65. The number of esters is 2. The molecule has 0 aliphatic rings. The van der Waals surface area contributed by atoms with Crippen LogP contribution in [-0.4, -0.2) is 36.4 Å². The lowest BCUT2D eigenvalue weighted by atomic mass is 10.0. The maximum atomic E-state index is 12.3. The van der Waals surface area contributed by atoms with E-state index in [0.29, 0.717) is 12.8 Å². The minimum Gasteiger partial charge on any atom is -0.462 e. The summed E-state index contributed by atoms with van der Waals surface area (Å²) in [4.78, 5) is 24.5. The minimum atomic E-state index is -0.802. The Balaban J connectivity index is 3.63. The van der Waals surface area contributed by atoms with Gasteiger partial charge in [-0.1, -0.05) is 254 Å². The fraction of sp³-hybridized carbons (Fsp3) is 0.536. The number of aliphatic hydroxyl groups excluding tert-OH is 1. The highest BCUT2D eigenvalue weighted by molar-refractivity contribution is 5.70. The Morgan fingerprint density at radius 3 is 0.824 bits per heavy atom. The molecule has 0 aliphatic heterocycles. The van der Waals surface area contributed by atoms with E-state index in [4.69, 9.17) is 9.47 Å². The van der Waals surface area contributed by atoms with Crippen LogP contribution < -0.4 is 0 Å². The number of ether oxygens (including phenoxy) is 2. The Bertz CT molecular complexity index is 1720. The van der Waals surface area contributed by atoms with Crippen molar-refractivity contribution < 1.29 is 24.2 Å². The number of hydrogen-bond donors (Lipinski definition) is 1. The van der Waals surface area contributed by atoms with Crippen molar-refractivity contribution in [2.45, 2.75) is 225 Å².